The quantitative estimate of drug-likeness (QED) is 0.881. The number of aromatic amines is 1. The monoisotopic (exact) mass is 271 g/mol. The van der Waals surface area contributed by atoms with Crippen LogP contribution in [-0.2, 0) is 0 Å². The molecule has 2 atom stereocenters. The number of benzene rings is 1. The van der Waals surface area contributed by atoms with Crippen molar-refractivity contribution >= 4 is 16.8 Å². The lowest BCUT2D eigenvalue weighted by Crippen LogP contribution is -2.47. The average Bonchev–Trinajstić information content (AvgIpc) is 2.90. The second-order valence-corrected chi connectivity index (χ2v) is 5.80. The lowest BCUT2D eigenvalue weighted by molar-refractivity contribution is 0.0896. The number of amides is 1. The highest BCUT2D eigenvalue weighted by Crippen LogP contribution is 2.17. The summed E-state index contributed by atoms with van der Waals surface area (Å²) in [4.78, 5) is 17.8. The first-order chi connectivity index (χ1) is 9.63. The Morgan fingerprint density at radius 2 is 2.25 bits per heavy atom. The maximum atomic E-state index is 12.3. The van der Waals surface area contributed by atoms with Crippen LogP contribution in [0.1, 0.15) is 30.1 Å². The smallest absolute Gasteiger partial charge is 0.251 e. The van der Waals surface area contributed by atoms with Gasteiger partial charge in [-0.2, -0.15) is 0 Å². The number of carbonyl (C=O) groups is 1. The molecule has 4 nitrogen and oxygen atoms in total. The molecule has 3 rings (SSSR count). The van der Waals surface area contributed by atoms with E-state index in [1.165, 1.54) is 0 Å². The van der Waals surface area contributed by atoms with Gasteiger partial charge < -0.3 is 15.2 Å². The Labute approximate surface area is 119 Å². The van der Waals surface area contributed by atoms with Crippen molar-refractivity contribution in [3.8, 4) is 0 Å². The summed E-state index contributed by atoms with van der Waals surface area (Å²) in [5.74, 6) is 0.0308. The van der Waals surface area contributed by atoms with Crippen molar-refractivity contribution in [3.63, 3.8) is 0 Å². The van der Waals surface area contributed by atoms with Crippen molar-refractivity contribution in [2.75, 3.05) is 13.6 Å². The minimum atomic E-state index is 0.0308. The van der Waals surface area contributed by atoms with Crippen LogP contribution in [0.25, 0.3) is 10.9 Å². The van der Waals surface area contributed by atoms with E-state index in [-0.39, 0.29) is 11.9 Å². The summed E-state index contributed by atoms with van der Waals surface area (Å²) in [5, 5.41) is 4.30. The largest absolute Gasteiger partial charge is 0.361 e. The lowest BCUT2D eigenvalue weighted by atomic mass is 9.98. The van der Waals surface area contributed by atoms with Gasteiger partial charge in [-0.25, -0.2) is 0 Å². The van der Waals surface area contributed by atoms with Crippen LogP contribution in [-0.4, -0.2) is 41.5 Å². The predicted octanol–water partition coefficient (Wildman–Crippen LogP) is 2.38. The number of piperidine rings is 1. The number of hydrogen-bond donors (Lipinski definition) is 2. The zero-order valence-corrected chi connectivity index (χ0v) is 12.0. The number of hydrogen-bond acceptors (Lipinski definition) is 2. The molecule has 1 aliphatic rings. The molecule has 2 N–H and O–H groups in total. The van der Waals surface area contributed by atoms with Gasteiger partial charge in [-0.15, -0.1) is 0 Å². The Hall–Kier alpha value is -1.81. The Morgan fingerprint density at radius 1 is 1.40 bits per heavy atom. The molecule has 0 aliphatic carbocycles. The number of nitrogens with one attached hydrogen (secondary N) is 2. The van der Waals surface area contributed by atoms with Crippen LogP contribution in [0.5, 0.6) is 0 Å². The molecule has 106 valence electrons. The molecule has 2 heterocycles. The topological polar surface area (TPSA) is 48.1 Å². The third-order valence-electron chi connectivity index (χ3n) is 4.36. The Morgan fingerprint density at radius 3 is 3.05 bits per heavy atom. The van der Waals surface area contributed by atoms with E-state index in [0.717, 1.165) is 35.9 Å². The van der Waals surface area contributed by atoms with Gasteiger partial charge in [0.05, 0.1) is 0 Å². The van der Waals surface area contributed by atoms with E-state index >= 15 is 0 Å². The van der Waals surface area contributed by atoms with Crippen molar-refractivity contribution < 1.29 is 4.79 Å². The maximum Gasteiger partial charge on any atom is 0.251 e. The average molecular weight is 271 g/mol. The van der Waals surface area contributed by atoms with Crippen LogP contribution >= 0.6 is 0 Å². The van der Waals surface area contributed by atoms with E-state index in [4.69, 9.17) is 0 Å². The van der Waals surface area contributed by atoms with Crippen LogP contribution in [0, 0.1) is 0 Å². The van der Waals surface area contributed by atoms with E-state index < -0.39 is 0 Å². The lowest BCUT2D eigenvalue weighted by Gasteiger charge is -2.35. The number of rotatable bonds is 2. The van der Waals surface area contributed by atoms with Crippen LogP contribution in [0.15, 0.2) is 30.5 Å². The molecular weight excluding hydrogens is 250 g/mol. The van der Waals surface area contributed by atoms with Crippen LogP contribution in [0.3, 0.4) is 0 Å². The van der Waals surface area contributed by atoms with Gasteiger partial charge in [-0.05, 0) is 50.4 Å². The summed E-state index contributed by atoms with van der Waals surface area (Å²) in [7, 11) is 2.14. The highest BCUT2D eigenvalue weighted by molar-refractivity contribution is 5.98. The number of carbonyl (C=O) groups excluding carboxylic acids is 1. The van der Waals surface area contributed by atoms with Gasteiger partial charge in [0.1, 0.15) is 0 Å². The molecule has 1 fully saturated rings. The number of aromatic nitrogens is 1. The van der Waals surface area contributed by atoms with E-state index in [0.29, 0.717) is 6.04 Å². The molecule has 2 unspecified atom stereocenters. The molecule has 1 aliphatic heterocycles. The van der Waals surface area contributed by atoms with E-state index in [9.17, 15) is 4.79 Å². The molecule has 0 saturated carbocycles. The van der Waals surface area contributed by atoms with Crippen molar-refractivity contribution in [1.29, 1.82) is 0 Å². The summed E-state index contributed by atoms with van der Waals surface area (Å²) < 4.78 is 0. The van der Waals surface area contributed by atoms with Crippen molar-refractivity contribution in [2.45, 2.75) is 31.8 Å². The van der Waals surface area contributed by atoms with Gasteiger partial charge in [0.25, 0.3) is 5.91 Å². The zero-order valence-electron chi connectivity index (χ0n) is 12.0. The summed E-state index contributed by atoms with van der Waals surface area (Å²) in [6.45, 7) is 3.26. The van der Waals surface area contributed by atoms with E-state index in [2.05, 4.69) is 29.2 Å². The Kier molecular flexibility index (Phi) is 3.49. The minimum Gasteiger partial charge on any atom is -0.361 e. The van der Waals surface area contributed by atoms with Gasteiger partial charge in [0, 0.05) is 35.9 Å². The highest BCUT2D eigenvalue weighted by Gasteiger charge is 2.24. The van der Waals surface area contributed by atoms with Gasteiger partial charge >= 0.3 is 0 Å². The first kappa shape index (κ1) is 13.2. The number of likely N-dealkylation sites (tertiary alicyclic amines) is 1. The number of nitrogens with zero attached hydrogens (tertiary/aromatic N) is 1. The van der Waals surface area contributed by atoms with Gasteiger partial charge in [0.2, 0.25) is 0 Å². The summed E-state index contributed by atoms with van der Waals surface area (Å²) in [6.07, 6.45) is 3.94. The molecule has 0 radical (unpaired) electrons. The SMILES string of the molecule is CC1CC(NC(=O)c2ccc3cc[nH]c3c2)CCN1C. The third-order valence-corrected chi connectivity index (χ3v) is 4.36. The second kappa shape index (κ2) is 5.29. The molecule has 1 aromatic heterocycles. The predicted molar refractivity (Wildman–Crippen MR) is 80.9 cm³/mol. The normalized spacial score (nSPS) is 23.9. The van der Waals surface area contributed by atoms with Gasteiger partial charge in [0.15, 0.2) is 0 Å². The fourth-order valence-electron chi connectivity index (χ4n) is 2.88. The molecular formula is C16H21N3O. The summed E-state index contributed by atoms with van der Waals surface area (Å²) in [6, 6.07) is 8.62. The van der Waals surface area contributed by atoms with Crippen molar-refractivity contribution in [2.24, 2.45) is 0 Å². The van der Waals surface area contributed by atoms with Crippen molar-refractivity contribution in [3.05, 3.63) is 36.0 Å². The fourth-order valence-corrected chi connectivity index (χ4v) is 2.88. The maximum absolute atomic E-state index is 12.3. The van der Waals surface area contributed by atoms with Crippen LogP contribution in [0.2, 0.25) is 0 Å². The molecule has 0 spiro atoms. The van der Waals surface area contributed by atoms with Crippen LogP contribution < -0.4 is 5.32 Å². The van der Waals surface area contributed by atoms with E-state index in [1.807, 2.05) is 30.5 Å². The molecule has 4 heteroatoms. The van der Waals surface area contributed by atoms with Crippen LogP contribution in [0.4, 0.5) is 0 Å². The Bertz CT molecular complexity index is 619. The standard InChI is InChI=1S/C16H21N3O/c1-11-9-14(6-8-19(11)2)18-16(20)13-4-3-12-5-7-17-15(12)10-13/h3-5,7,10-11,14,17H,6,8-9H2,1-2H3,(H,18,20). The third kappa shape index (κ3) is 2.56. The van der Waals surface area contributed by atoms with Gasteiger partial charge in [-0.3, -0.25) is 4.79 Å². The molecule has 20 heavy (non-hydrogen) atoms. The molecule has 0 bridgehead atoms. The first-order valence-electron chi connectivity index (χ1n) is 7.22. The summed E-state index contributed by atoms with van der Waals surface area (Å²) in [5.41, 5.74) is 1.74. The molecule has 1 amide bonds. The molecule has 2 aromatic rings. The van der Waals surface area contributed by atoms with Gasteiger partial charge in [-0.1, -0.05) is 6.07 Å². The number of H-pyrrole nitrogens is 1. The first-order valence-corrected chi connectivity index (χ1v) is 7.22. The second-order valence-electron chi connectivity index (χ2n) is 5.80. The summed E-state index contributed by atoms with van der Waals surface area (Å²) >= 11 is 0. The number of fused-ring (bicyclic) bond motifs is 1. The Balaban J connectivity index is 1.69. The highest BCUT2D eigenvalue weighted by atomic mass is 16.1. The fraction of sp³-hybridized carbons (Fsp3) is 0.438. The molecule has 1 saturated heterocycles. The zero-order chi connectivity index (χ0) is 14.1. The molecule has 1 aromatic carbocycles. The van der Waals surface area contributed by atoms with E-state index in [1.54, 1.807) is 0 Å². The van der Waals surface area contributed by atoms with Crippen molar-refractivity contribution in [1.82, 2.24) is 15.2 Å². The minimum absolute atomic E-state index is 0.0308.